The summed E-state index contributed by atoms with van der Waals surface area (Å²) in [6.45, 7) is 2.11. The number of carbonyl (C=O) groups excluding carboxylic acids is 1. The Hall–Kier alpha value is -3.08. The Balaban J connectivity index is 1.87. The van der Waals surface area contributed by atoms with Crippen molar-refractivity contribution >= 4 is 28.8 Å². The monoisotopic (exact) mass is 290 g/mol. The minimum Gasteiger partial charge on any atom is -0.361 e. The first-order chi connectivity index (χ1) is 10.7. The van der Waals surface area contributed by atoms with Gasteiger partial charge >= 0.3 is 0 Å². The Morgan fingerprint density at radius 3 is 3.00 bits per heavy atom. The van der Waals surface area contributed by atoms with E-state index in [2.05, 4.69) is 40.4 Å². The van der Waals surface area contributed by atoms with Crippen molar-refractivity contribution in [1.29, 1.82) is 0 Å². The molecule has 0 unspecified atom stereocenters. The van der Waals surface area contributed by atoms with Gasteiger partial charge in [-0.05, 0) is 59.3 Å². The summed E-state index contributed by atoms with van der Waals surface area (Å²) in [5, 5.41) is 3.78. The minimum atomic E-state index is 0.545. The van der Waals surface area contributed by atoms with Crippen LogP contribution in [0.3, 0.4) is 0 Å². The Labute approximate surface area is 126 Å². The summed E-state index contributed by atoms with van der Waals surface area (Å²) < 4.78 is 1.92. The number of rotatable bonds is 3. The molecule has 0 aliphatic heterocycles. The fraction of sp³-hybridized carbons (Fsp3) is 0.0588. The lowest BCUT2D eigenvalue weighted by Gasteiger charge is -2.07. The molecule has 2 N–H and O–H groups in total. The maximum atomic E-state index is 10.5. The first-order valence-electron chi connectivity index (χ1n) is 7.02. The van der Waals surface area contributed by atoms with E-state index in [1.54, 1.807) is 6.20 Å². The maximum absolute atomic E-state index is 10.5. The van der Waals surface area contributed by atoms with Gasteiger partial charge in [-0.1, -0.05) is 0 Å². The number of carbonyl (C=O) groups is 1. The van der Waals surface area contributed by atoms with Crippen LogP contribution in [-0.4, -0.2) is 20.8 Å². The van der Waals surface area contributed by atoms with Gasteiger partial charge in [0.05, 0.1) is 6.20 Å². The summed E-state index contributed by atoms with van der Waals surface area (Å²) in [4.78, 5) is 18.1. The van der Waals surface area contributed by atoms with E-state index in [1.807, 2.05) is 28.9 Å². The van der Waals surface area contributed by atoms with Crippen LogP contribution in [0, 0.1) is 6.92 Å². The first-order valence-corrected chi connectivity index (χ1v) is 7.02. The summed E-state index contributed by atoms with van der Waals surface area (Å²) in [6.07, 6.45) is 6.40. The molecule has 0 bridgehead atoms. The van der Waals surface area contributed by atoms with Gasteiger partial charge in [0, 0.05) is 17.9 Å². The number of hydrogen-bond donors (Lipinski definition) is 2. The van der Waals surface area contributed by atoms with Gasteiger partial charge in [-0.3, -0.25) is 4.79 Å². The third-order valence-corrected chi connectivity index (χ3v) is 3.87. The van der Waals surface area contributed by atoms with E-state index in [4.69, 9.17) is 0 Å². The van der Waals surface area contributed by atoms with Crippen LogP contribution in [0.2, 0.25) is 0 Å². The zero-order valence-corrected chi connectivity index (χ0v) is 12.0. The summed E-state index contributed by atoms with van der Waals surface area (Å²) >= 11 is 0. The molecule has 0 radical (unpaired) electrons. The van der Waals surface area contributed by atoms with Crippen molar-refractivity contribution in [3.05, 3.63) is 54.5 Å². The van der Waals surface area contributed by atoms with Gasteiger partial charge in [0.15, 0.2) is 5.82 Å². The second-order valence-corrected chi connectivity index (χ2v) is 5.30. The van der Waals surface area contributed by atoms with Gasteiger partial charge in [-0.25, -0.2) is 4.98 Å². The molecule has 0 saturated carbocycles. The highest BCUT2D eigenvalue weighted by Gasteiger charge is 2.07. The minimum absolute atomic E-state index is 0.545. The van der Waals surface area contributed by atoms with Crippen LogP contribution in [0.4, 0.5) is 5.82 Å². The van der Waals surface area contributed by atoms with E-state index in [0.29, 0.717) is 12.2 Å². The Morgan fingerprint density at radius 2 is 2.14 bits per heavy atom. The molecule has 0 fully saturated rings. The van der Waals surface area contributed by atoms with Crippen molar-refractivity contribution in [1.82, 2.24) is 14.4 Å². The van der Waals surface area contributed by atoms with Crippen molar-refractivity contribution in [3.8, 4) is 11.1 Å². The van der Waals surface area contributed by atoms with Crippen LogP contribution in [0.5, 0.6) is 0 Å². The van der Waals surface area contributed by atoms with Crippen LogP contribution in [0.25, 0.3) is 27.7 Å². The smallest absolute Gasteiger partial charge is 0.212 e. The number of aromatic nitrogens is 3. The van der Waals surface area contributed by atoms with Crippen molar-refractivity contribution in [3.63, 3.8) is 0 Å². The number of aryl methyl sites for hydroxylation is 1. The number of anilines is 1. The largest absolute Gasteiger partial charge is 0.361 e. The lowest BCUT2D eigenvalue weighted by Crippen LogP contribution is -1.92. The van der Waals surface area contributed by atoms with E-state index in [0.717, 1.165) is 16.7 Å². The third kappa shape index (κ3) is 1.95. The molecule has 108 valence electrons. The van der Waals surface area contributed by atoms with Crippen molar-refractivity contribution in [2.75, 3.05) is 5.32 Å². The van der Waals surface area contributed by atoms with E-state index in [-0.39, 0.29) is 0 Å². The lowest BCUT2D eigenvalue weighted by molar-refractivity contribution is -0.105. The Kier molecular flexibility index (Phi) is 2.72. The highest BCUT2D eigenvalue weighted by atomic mass is 16.1. The molecule has 4 rings (SSSR count). The summed E-state index contributed by atoms with van der Waals surface area (Å²) in [5.74, 6) is 0.545. The maximum Gasteiger partial charge on any atom is 0.212 e. The second kappa shape index (κ2) is 4.73. The standard InChI is InChI=1S/C17H14N4O/c1-11-6-12-4-5-18-15(12)7-14(11)13-2-3-17-20-16(19-10-22)9-21(17)8-13/h2-10,18H,1H3,(H,19,22). The molecule has 5 nitrogen and oxygen atoms in total. The number of aromatic amines is 1. The average molecular weight is 290 g/mol. The molecular weight excluding hydrogens is 276 g/mol. The number of fused-ring (bicyclic) bond motifs is 2. The average Bonchev–Trinajstić information content (AvgIpc) is 3.11. The molecule has 0 aliphatic carbocycles. The normalized spacial score (nSPS) is 11.1. The number of nitrogens with zero attached hydrogens (tertiary/aromatic N) is 2. The van der Waals surface area contributed by atoms with Crippen LogP contribution < -0.4 is 5.32 Å². The van der Waals surface area contributed by atoms with Gasteiger partial charge in [0.25, 0.3) is 0 Å². The highest BCUT2D eigenvalue weighted by molar-refractivity contribution is 5.86. The first kappa shape index (κ1) is 12.6. The second-order valence-electron chi connectivity index (χ2n) is 5.30. The molecule has 3 heterocycles. The fourth-order valence-electron chi connectivity index (χ4n) is 2.81. The van der Waals surface area contributed by atoms with Gasteiger partial charge in [0.1, 0.15) is 5.65 Å². The summed E-state index contributed by atoms with van der Waals surface area (Å²) in [6, 6.07) is 10.4. The topological polar surface area (TPSA) is 62.2 Å². The van der Waals surface area contributed by atoms with Gasteiger partial charge in [-0.2, -0.15) is 0 Å². The number of nitrogens with one attached hydrogen (secondary N) is 2. The molecule has 4 aromatic rings. The predicted octanol–water partition coefficient (Wildman–Crippen LogP) is 3.36. The summed E-state index contributed by atoms with van der Waals surface area (Å²) in [5.41, 5.74) is 5.42. The number of hydrogen-bond acceptors (Lipinski definition) is 2. The number of benzene rings is 1. The van der Waals surface area contributed by atoms with E-state index < -0.39 is 0 Å². The van der Waals surface area contributed by atoms with Crippen LogP contribution >= 0.6 is 0 Å². The SMILES string of the molecule is Cc1cc2cc[nH]c2cc1-c1ccc2nc(NC=O)cn2c1. The lowest BCUT2D eigenvalue weighted by atomic mass is 10.0. The third-order valence-electron chi connectivity index (χ3n) is 3.87. The van der Waals surface area contributed by atoms with E-state index in [1.165, 1.54) is 16.5 Å². The quantitative estimate of drug-likeness (QED) is 0.568. The van der Waals surface area contributed by atoms with Crippen molar-refractivity contribution in [2.24, 2.45) is 0 Å². The van der Waals surface area contributed by atoms with Gasteiger partial charge < -0.3 is 14.7 Å². The molecule has 1 amide bonds. The number of H-pyrrole nitrogens is 1. The molecule has 3 aromatic heterocycles. The molecule has 0 spiro atoms. The number of imidazole rings is 1. The fourth-order valence-corrected chi connectivity index (χ4v) is 2.81. The van der Waals surface area contributed by atoms with Crippen LogP contribution in [0.15, 0.2) is 48.9 Å². The Morgan fingerprint density at radius 1 is 1.23 bits per heavy atom. The van der Waals surface area contributed by atoms with Crippen LogP contribution in [0.1, 0.15) is 5.56 Å². The highest BCUT2D eigenvalue weighted by Crippen LogP contribution is 2.28. The molecule has 0 saturated heterocycles. The van der Waals surface area contributed by atoms with Crippen molar-refractivity contribution < 1.29 is 4.79 Å². The van der Waals surface area contributed by atoms with Crippen LogP contribution in [-0.2, 0) is 4.79 Å². The van der Waals surface area contributed by atoms with E-state index in [9.17, 15) is 4.79 Å². The molecular formula is C17H14N4O. The number of pyridine rings is 1. The predicted molar refractivity (Wildman–Crippen MR) is 86.9 cm³/mol. The molecule has 0 atom stereocenters. The summed E-state index contributed by atoms with van der Waals surface area (Å²) in [7, 11) is 0. The zero-order chi connectivity index (χ0) is 15.1. The Bertz CT molecular complexity index is 996. The number of amides is 1. The van der Waals surface area contributed by atoms with E-state index >= 15 is 0 Å². The molecule has 0 aliphatic rings. The zero-order valence-electron chi connectivity index (χ0n) is 12.0. The van der Waals surface area contributed by atoms with Gasteiger partial charge in [-0.15, -0.1) is 0 Å². The van der Waals surface area contributed by atoms with Crippen molar-refractivity contribution in [2.45, 2.75) is 6.92 Å². The molecule has 5 heteroatoms. The molecule has 1 aromatic carbocycles. The molecule has 22 heavy (non-hydrogen) atoms. The van der Waals surface area contributed by atoms with Gasteiger partial charge in [0.2, 0.25) is 6.41 Å².